The molecule has 0 spiro atoms. The molecule has 3 rings (SSSR count). The number of carboxylic acid groups (broad SMARTS) is 1. The van der Waals surface area contributed by atoms with E-state index in [1.165, 1.54) is 11.8 Å². The van der Waals surface area contributed by atoms with Crippen molar-refractivity contribution in [2.45, 2.75) is 30.0 Å². The standard InChI is InChI=1S/C16H19N3O4S/c1-24-15-17-13(11-4-2-3-7-19(11)15)14(22)18-16(10-12(20)21)5-8-23-9-6-16/h2-4,7H,5-6,8-10H2,1H3,(H,18,22)(H,20,21). The number of imidazole rings is 1. The molecule has 0 aromatic carbocycles. The number of nitrogens with zero attached hydrogens (tertiary/aromatic N) is 2. The molecule has 1 fully saturated rings. The number of fused-ring (bicyclic) bond motifs is 1. The number of carbonyl (C=O) groups is 2. The van der Waals surface area contributed by atoms with Gasteiger partial charge in [-0.3, -0.25) is 14.0 Å². The van der Waals surface area contributed by atoms with Gasteiger partial charge in [-0.05, 0) is 31.2 Å². The van der Waals surface area contributed by atoms with E-state index < -0.39 is 11.5 Å². The number of carbonyl (C=O) groups excluding carboxylic acids is 1. The molecule has 2 N–H and O–H groups in total. The summed E-state index contributed by atoms with van der Waals surface area (Å²) in [5.74, 6) is -1.28. The predicted molar refractivity (Wildman–Crippen MR) is 89.5 cm³/mol. The monoisotopic (exact) mass is 349 g/mol. The van der Waals surface area contributed by atoms with Gasteiger partial charge in [0, 0.05) is 19.4 Å². The highest BCUT2D eigenvalue weighted by Crippen LogP contribution is 2.26. The van der Waals surface area contributed by atoms with Crippen LogP contribution in [0.2, 0.25) is 0 Å². The van der Waals surface area contributed by atoms with Crippen LogP contribution in [0.15, 0.2) is 29.6 Å². The summed E-state index contributed by atoms with van der Waals surface area (Å²) in [4.78, 5) is 28.5. The van der Waals surface area contributed by atoms with Crippen molar-refractivity contribution in [3.63, 3.8) is 0 Å². The van der Waals surface area contributed by atoms with Crippen LogP contribution in [-0.2, 0) is 9.53 Å². The molecule has 2 aromatic rings. The van der Waals surface area contributed by atoms with Gasteiger partial charge in [0.05, 0.1) is 17.5 Å². The van der Waals surface area contributed by atoms with Gasteiger partial charge in [-0.1, -0.05) is 17.8 Å². The Morgan fingerprint density at radius 3 is 2.83 bits per heavy atom. The molecule has 1 aliphatic rings. The molecule has 2 aromatic heterocycles. The van der Waals surface area contributed by atoms with Crippen LogP contribution < -0.4 is 5.32 Å². The number of thioether (sulfide) groups is 1. The van der Waals surface area contributed by atoms with E-state index in [1.807, 2.05) is 35.1 Å². The summed E-state index contributed by atoms with van der Waals surface area (Å²) >= 11 is 1.45. The van der Waals surface area contributed by atoms with Crippen molar-refractivity contribution < 1.29 is 19.4 Å². The van der Waals surface area contributed by atoms with E-state index in [0.717, 1.165) is 5.16 Å². The van der Waals surface area contributed by atoms with Crippen LogP contribution in [0.3, 0.4) is 0 Å². The minimum atomic E-state index is -0.934. The SMILES string of the molecule is CSc1nc(C(=O)NC2(CC(=O)O)CCOCC2)c2ccccn12. The summed E-state index contributed by atoms with van der Waals surface area (Å²) in [6.07, 6.45) is 4.59. The Labute approximate surface area is 143 Å². The zero-order chi connectivity index (χ0) is 17.2. The number of aliphatic carboxylic acids is 1. The highest BCUT2D eigenvalue weighted by molar-refractivity contribution is 7.98. The highest BCUT2D eigenvalue weighted by Gasteiger charge is 2.37. The van der Waals surface area contributed by atoms with E-state index in [0.29, 0.717) is 37.3 Å². The average molecular weight is 349 g/mol. The molecule has 7 nitrogen and oxygen atoms in total. The largest absolute Gasteiger partial charge is 0.481 e. The highest BCUT2D eigenvalue weighted by atomic mass is 32.2. The van der Waals surface area contributed by atoms with Gasteiger partial charge in [0.1, 0.15) is 0 Å². The summed E-state index contributed by atoms with van der Waals surface area (Å²) in [5.41, 5.74) is 0.235. The van der Waals surface area contributed by atoms with Crippen molar-refractivity contribution in [3.8, 4) is 0 Å². The molecule has 0 aliphatic carbocycles. The summed E-state index contributed by atoms with van der Waals surface area (Å²) < 4.78 is 7.17. The van der Waals surface area contributed by atoms with Crippen LogP contribution in [-0.4, -0.2) is 51.4 Å². The Balaban J connectivity index is 1.92. The smallest absolute Gasteiger partial charge is 0.305 e. The second-order valence-electron chi connectivity index (χ2n) is 5.82. The van der Waals surface area contributed by atoms with Gasteiger partial charge < -0.3 is 15.2 Å². The predicted octanol–water partition coefficient (Wildman–Crippen LogP) is 1.81. The Kier molecular flexibility index (Phi) is 4.77. The third-order valence-electron chi connectivity index (χ3n) is 4.23. The maximum Gasteiger partial charge on any atom is 0.305 e. The Morgan fingerprint density at radius 2 is 2.17 bits per heavy atom. The van der Waals surface area contributed by atoms with Crippen LogP contribution in [0.5, 0.6) is 0 Å². The molecule has 0 bridgehead atoms. The quantitative estimate of drug-likeness (QED) is 0.800. The lowest BCUT2D eigenvalue weighted by Gasteiger charge is -2.36. The Hall–Kier alpha value is -2.06. The van der Waals surface area contributed by atoms with E-state index >= 15 is 0 Å². The van der Waals surface area contributed by atoms with E-state index in [-0.39, 0.29) is 12.3 Å². The number of carboxylic acids is 1. The van der Waals surface area contributed by atoms with E-state index in [2.05, 4.69) is 10.3 Å². The van der Waals surface area contributed by atoms with Crippen molar-refractivity contribution in [2.75, 3.05) is 19.5 Å². The maximum absolute atomic E-state index is 12.8. The molecular weight excluding hydrogens is 330 g/mol. The Morgan fingerprint density at radius 1 is 1.42 bits per heavy atom. The molecule has 1 amide bonds. The van der Waals surface area contributed by atoms with E-state index in [4.69, 9.17) is 4.74 Å². The first-order valence-electron chi connectivity index (χ1n) is 7.68. The summed E-state index contributed by atoms with van der Waals surface area (Å²) in [5, 5.41) is 12.9. The number of ether oxygens (including phenoxy) is 1. The van der Waals surface area contributed by atoms with Gasteiger partial charge in [-0.25, -0.2) is 4.98 Å². The minimum absolute atomic E-state index is 0.122. The molecule has 1 aliphatic heterocycles. The van der Waals surface area contributed by atoms with E-state index in [1.54, 1.807) is 0 Å². The van der Waals surface area contributed by atoms with Gasteiger partial charge >= 0.3 is 5.97 Å². The van der Waals surface area contributed by atoms with Crippen LogP contribution in [0.25, 0.3) is 5.52 Å². The Bertz CT molecular complexity index is 768. The molecule has 0 saturated carbocycles. The first-order chi connectivity index (χ1) is 11.5. The number of amides is 1. The second-order valence-corrected chi connectivity index (χ2v) is 6.59. The summed E-state index contributed by atoms with van der Waals surface area (Å²) in [6, 6.07) is 5.55. The van der Waals surface area contributed by atoms with Gasteiger partial charge in [0.25, 0.3) is 5.91 Å². The fourth-order valence-electron chi connectivity index (χ4n) is 3.02. The van der Waals surface area contributed by atoms with Crippen molar-refractivity contribution in [3.05, 3.63) is 30.1 Å². The molecule has 1 saturated heterocycles. The van der Waals surface area contributed by atoms with Crippen molar-refractivity contribution in [1.29, 1.82) is 0 Å². The summed E-state index contributed by atoms with van der Waals surface area (Å²) in [6.45, 7) is 0.876. The number of pyridine rings is 1. The lowest BCUT2D eigenvalue weighted by Crippen LogP contribution is -2.53. The fourth-order valence-corrected chi connectivity index (χ4v) is 3.56. The summed E-state index contributed by atoms with van der Waals surface area (Å²) in [7, 11) is 0. The van der Waals surface area contributed by atoms with Crippen LogP contribution in [0.4, 0.5) is 0 Å². The number of rotatable bonds is 5. The van der Waals surface area contributed by atoms with Gasteiger partial charge in [-0.15, -0.1) is 0 Å². The first-order valence-corrected chi connectivity index (χ1v) is 8.90. The molecule has 128 valence electrons. The molecule has 0 atom stereocenters. The zero-order valence-corrected chi connectivity index (χ0v) is 14.1. The topological polar surface area (TPSA) is 92.9 Å². The van der Waals surface area contributed by atoms with Crippen LogP contribution in [0.1, 0.15) is 29.8 Å². The number of aromatic nitrogens is 2. The lowest BCUT2D eigenvalue weighted by molar-refractivity contribution is -0.139. The minimum Gasteiger partial charge on any atom is -0.481 e. The lowest BCUT2D eigenvalue weighted by atomic mass is 9.86. The van der Waals surface area contributed by atoms with Gasteiger partial charge in [0.2, 0.25) is 0 Å². The van der Waals surface area contributed by atoms with E-state index in [9.17, 15) is 14.7 Å². The molecule has 24 heavy (non-hydrogen) atoms. The van der Waals surface area contributed by atoms with Crippen LogP contribution in [0, 0.1) is 0 Å². The molecule has 8 heteroatoms. The third-order valence-corrected chi connectivity index (χ3v) is 4.89. The van der Waals surface area contributed by atoms with Gasteiger partial charge in [0.15, 0.2) is 10.9 Å². The van der Waals surface area contributed by atoms with Gasteiger partial charge in [-0.2, -0.15) is 0 Å². The van der Waals surface area contributed by atoms with Crippen molar-refractivity contribution >= 4 is 29.2 Å². The van der Waals surface area contributed by atoms with Crippen molar-refractivity contribution in [1.82, 2.24) is 14.7 Å². The average Bonchev–Trinajstić information content (AvgIpc) is 2.94. The molecule has 0 radical (unpaired) electrons. The molecular formula is C16H19N3O4S. The molecule has 0 unspecified atom stereocenters. The maximum atomic E-state index is 12.8. The van der Waals surface area contributed by atoms with Crippen molar-refractivity contribution in [2.24, 2.45) is 0 Å². The number of nitrogens with one attached hydrogen (secondary N) is 1. The fraction of sp³-hybridized carbons (Fsp3) is 0.438. The first kappa shape index (κ1) is 16.8. The normalized spacial score (nSPS) is 16.9. The number of hydrogen-bond donors (Lipinski definition) is 2. The number of hydrogen-bond acceptors (Lipinski definition) is 5. The zero-order valence-electron chi connectivity index (χ0n) is 13.3. The molecule has 3 heterocycles. The third kappa shape index (κ3) is 3.25. The van der Waals surface area contributed by atoms with Crippen LogP contribution >= 0.6 is 11.8 Å². The second kappa shape index (κ2) is 6.82.